The van der Waals surface area contributed by atoms with Crippen molar-refractivity contribution in [2.45, 2.75) is 32.9 Å². The lowest BCUT2D eigenvalue weighted by Crippen LogP contribution is -2.23. The zero-order valence-corrected chi connectivity index (χ0v) is 10.4. The maximum Gasteiger partial charge on any atom is 0.215 e. The molecule has 0 fully saturated rings. The number of ether oxygens (including phenoxy) is 1. The lowest BCUT2D eigenvalue weighted by molar-refractivity contribution is 0.148. The van der Waals surface area contributed by atoms with Gasteiger partial charge in [-0.2, -0.15) is 5.10 Å². The van der Waals surface area contributed by atoms with E-state index in [1.165, 1.54) is 6.20 Å². The van der Waals surface area contributed by atoms with Gasteiger partial charge >= 0.3 is 0 Å². The summed E-state index contributed by atoms with van der Waals surface area (Å²) < 4.78 is 21.3. The zero-order valence-electron chi connectivity index (χ0n) is 10.4. The Morgan fingerprint density at radius 3 is 3.11 bits per heavy atom. The highest BCUT2D eigenvalue weighted by Gasteiger charge is 2.24. The molecule has 0 radical (unpaired) electrons. The minimum absolute atomic E-state index is 0.183. The molecule has 0 bridgehead atoms. The lowest BCUT2D eigenvalue weighted by atomic mass is 10.1. The number of halogens is 1. The number of rotatable bonds is 1. The zero-order chi connectivity index (χ0) is 12.7. The van der Waals surface area contributed by atoms with Gasteiger partial charge in [0.2, 0.25) is 5.88 Å². The standard InChI is InChI=1S/C13H14FN3O/c1-8-4-6-17-13(18-8)9(2)12(16-17)10-3-5-15-7-11(10)14/h3,5,7-8H,4,6H2,1-2H3/t8-/m0/s1. The third-order valence-corrected chi connectivity index (χ3v) is 3.22. The van der Waals surface area contributed by atoms with E-state index in [4.69, 9.17) is 4.74 Å². The van der Waals surface area contributed by atoms with Crippen molar-refractivity contribution >= 4 is 0 Å². The second kappa shape index (κ2) is 4.08. The van der Waals surface area contributed by atoms with Crippen LogP contribution in [0, 0.1) is 12.7 Å². The minimum Gasteiger partial charge on any atom is -0.475 e. The average Bonchev–Trinajstić information content (AvgIpc) is 2.68. The molecule has 1 atom stereocenters. The lowest BCUT2D eigenvalue weighted by Gasteiger charge is -2.21. The van der Waals surface area contributed by atoms with Gasteiger partial charge in [0.1, 0.15) is 5.69 Å². The molecule has 0 amide bonds. The van der Waals surface area contributed by atoms with Gasteiger partial charge in [-0.1, -0.05) is 0 Å². The van der Waals surface area contributed by atoms with Crippen molar-refractivity contribution in [2.24, 2.45) is 0 Å². The first kappa shape index (κ1) is 11.2. The van der Waals surface area contributed by atoms with Gasteiger partial charge in [-0.3, -0.25) is 4.98 Å². The fraction of sp³-hybridized carbons (Fsp3) is 0.385. The van der Waals surface area contributed by atoms with Gasteiger partial charge in [0.05, 0.1) is 12.3 Å². The summed E-state index contributed by atoms with van der Waals surface area (Å²) >= 11 is 0. The second-order valence-electron chi connectivity index (χ2n) is 4.57. The number of fused-ring (bicyclic) bond motifs is 1. The van der Waals surface area contributed by atoms with Crippen molar-refractivity contribution in [1.82, 2.24) is 14.8 Å². The Morgan fingerprint density at radius 2 is 2.33 bits per heavy atom. The van der Waals surface area contributed by atoms with Gasteiger partial charge in [0, 0.05) is 30.3 Å². The SMILES string of the molecule is Cc1c(-c2ccncc2F)nn2c1O[C@@H](C)CC2. The molecule has 0 N–H and O–H groups in total. The number of hydrogen-bond acceptors (Lipinski definition) is 3. The van der Waals surface area contributed by atoms with Crippen molar-refractivity contribution in [3.8, 4) is 17.1 Å². The van der Waals surface area contributed by atoms with E-state index in [1.807, 2.05) is 18.5 Å². The average molecular weight is 247 g/mol. The van der Waals surface area contributed by atoms with E-state index in [0.717, 1.165) is 24.4 Å². The Labute approximate surface area is 104 Å². The summed E-state index contributed by atoms with van der Waals surface area (Å²) in [6.45, 7) is 4.75. The van der Waals surface area contributed by atoms with Crippen molar-refractivity contribution < 1.29 is 9.13 Å². The molecule has 3 rings (SSSR count). The minimum atomic E-state index is -0.357. The van der Waals surface area contributed by atoms with Crippen LogP contribution in [-0.4, -0.2) is 20.9 Å². The molecule has 0 unspecified atom stereocenters. The van der Waals surface area contributed by atoms with Crippen molar-refractivity contribution in [1.29, 1.82) is 0 Å². The summed E-state index contributed by atoms with van der Waals surface area (Å²) in [5.74, 6) is 0.393. The quantitative estimate of drug-likeness (QED) is 0.777. The first-order chi connectivity index (χ1) is 8.66. The molecule has 3 heterocycles. The molecule has 5 heteroatoms. The predicted molar refractivity (Wildman–Crippen MR) is 64.9 cm³/mol. The van der Waals surface area contributed by atoms with Crippen molar-refractivity contribution in [3.05, 3.63) is 29.8 Å². The van der Waals surface area contributed by atoms with Crippen molar-refractivity contribution in [3.63, 3.8) is 0 Å². The van der Waals surface area contributed by atoms with Crippen LogP contribution in [0.1, 0.15) is 18.9 Å². The summed E-state index contributed by atoms with van der Waals surface area (Å²) in [5.41, 5.74) is 1.99. The van der Waals surface area contributed by atoms with Crippen LogP contribution in [0.2, 0.25) is 0 Å². The summed E-state index contributed by atoms with van der Waals surface area (Å²) in [6.07, 6.45) is 3.88. The van der Waals surface area contributed by atoms with Gasteiger partial charge in [-0.25, -0.2) is 9.07 Å². The molecule has 1 aliphatic heterocycles. The number of aromatic nitrogens is 3. The van der Waals surface area contributed by atoms with Crippen molar-refractivity contribution in [2.75, 3.05) is 0 Å². The fourth-order valence-electron chi connectivity index (χ4n) is 2.21. The largest absolute Gasteiger partial charge is 0.475 e. The van der Waals surface area contributed by atoms with Gasteiger partial charge in [-0.15, -0.1) is 0 Å². The van der Waals surface area contributed by atoms with Crippen LogP contribution < -0.4 is 4.74 Å². The summed E-state index contributed by atoms with van der Waals surface area (Å²) in [5, 5.41) is 4.44. The van der Waals surface area contributed by atoms with E-state index in [2.05, 4.69) is 10.1 Å². The van der Waals surface area contributed by atoms with Crippen LogP contribution in [0.15, 0.2) is 18.5 Å². The number of nitrogens with zero attached hydrogens (tertiary/aromatic N) is 3. The van der Waals surface area contributed by atoms with Crippen LogP contribution in [0.4, 0.5) is 4.39 Å². The van der Waals surface area contributed by atoms with E-state index in [0.29, 0.717) is 11.3 Å². The maximum absolute atomic E-state index is 13.7. The molecule has 18 heavy (non-hydrogen) atoms. The van der Waals surface area contributed by atoms with Gasteiger partial charge in [-0.05, 0) is 19.9 Å². The number of hydrogen-bond donors (Lipinski definition) is 0. The normalized spacial score (nSPS) is 18.3. The Hall–Kier alpha value is -1.91. The predicted octanol–water partition coefficient (Wildman–Crippen LogP) is 2.56. The molecule has 94 valence electrons. The Balaban J connectivity index is 2.12. The number of aryl methyl sites for hydroxylation is 1. The second-order valence-corrected chi connectivity index (χ2v) is 4.57. The van der Waals surface area contributed by atoms with Crippen LogP contribution in [-0.2, 0) is 6.54 Å². The third-order valence-electron chi connectivity index (χ3n) is 3.22. The van der Waals surface area contributed by atoms with E-state index >= 15 is 0 Å². The highest BCUT2D eigenvalue weighted by molar-refractivity contribution is 5.65. The molecule has 2 aromatic rings. The highest BCUT2D eigenvalue weighted by Crippen LogP contribution is 2.33. The van der Waals surface area contributed by atoms with Gasteiger partial charge < -0.3 is 4.74 Å². The molecule has 2 aromatic heterocycles. The first-order valence-electron chi connectivity index (χ1n) is 6.00. The molecule has 0 aromatic carbocycles. The number of pyridine rings is 1. The van der Waals surface area contributed by atoms with Crippen LogP contribution in [0.3, 0.4) is 0 Å². The van der Waals surface area contributed by atoms with Gasteiger partial charge in [0.15, 0.2) is 5.82 Å². The topological polar surface area (TPSA) is 39.9 Å². The molecule has 0 saturated carbocycles. The summed E-state index contributed by atoms with van der Waals surface area (Å²) in [7, 11) is 0. The molecule has 0 spiro atoms. The third kappa shape index (κ3) is 1.66. The van der Waals surface area contributed by atoms with Crippen LogP contribution >= 0.6 is 0 Å². The summed E-state index contributed by atoms with van der Waals surface area (Å²) in [6, 6.07) is 1.64. The first-order valence-corrected chi connectivity index (χ1v) is 6.00. The van der Waals surface area contributed by atoms with E-state index in [-0.39, 0.29) is 11.9 Å². The van der Waals surface area contributed by atoms with Crippen LogP contribution in [0.25, 0.3) is 11.3 Å². The molecule has 0 saturated heterocycles. The monoisotopic (exact) mass is 247 g/mol. The van der Waals surface area contributed by atoms with E-state index in [1.54, 1.807) is 12.3 Å². The van der Waals surface area contributed by atoms with E-state index < -0.39 is 0 Å². The molecule has 1 aliphatic rings. The molecular formula is C13H14FN3O. The summed E-state index contributed by atoms with van der Waals surface area (Å²) in [4.78, 5) is 3.75. The molecular weight excluding hydrogens is 233 g/mol. The Kier molecular flexibility index (Phi) is 2.54. The van der Waals surface area contributed by atoms with Gasteiger partial charge in [0.25, 0.3) is 0 Å². The smallest absolute Gasteiger partial charge is 0.215 e. The van der Waals surface area contributed by atoms with Crippen LogP contribution in [0.5, 0.6) is 5.88 Å². The fourth-order valence-corrected chi connectivity index (χ4v) is 2.21. The maximum atomic E-state index is 13.7. The molecule has 0 aliphatic carbocycles. The Morgan fingerprint density at radius 1 is 1.50 bits per heavy atom. The molecule has 4 nitrogen and oxygen atoms in total. The Bertz CT molecular complexity index is 594. The highest BCUT2D eigenvalue weighted by atomic mass is 19.1. The van der Waals surface area contributed by atoms with E-state index in [9.17, 15) is 4.39 Å².